The third-order valence-corrected chi connectivity index (χ3v) is 4.19. The van der Waals surface area contributed by atoms with Crippen LogP contribution in [-0.2, 0) is 11.2 Å². The van der Waals surface area contributed by atoms with E-state index in [0.29, 0.717) is 13.0 Å². The van der Waals surface area contributed by atoms with Gasteiger partial charge in [-0.05, 0) is 23.6 Å². The van der Waals surface area contributed by atoms with Crippen molar-refractivity contribution < 1.29 is 13.9 Å². The summed E-state index contributed by atoms with van der Waals surface area (Å²) in [5.41, 5.74) is 2.84. The number of rotatable bonds is 6. The number of carbonyl (C=O) groups is 1. The largest absolute Gasteiger partial charge is 0.497 e. The van der Waals surface area contributed by atoms with E-state index in [1.165, 1.54) is 5.56 Å². The van der Waals surface area contributed by atoms with Crippen LogP contribution in [0.4, 0.5) is 0 Å². The molecule has 3 rings (SSSR count). The first-order valence-corrected chi connectivity index (χ1v) is 8.03. The van der Waals surface area contributed by atoms with E-state index in [1.807, 2.05) is 36.4 Å². The fraction of sp³-hybridized carbons (Fsp3) is 0.250. The molecule has 0 spiro atoms. The van der Waals surface area contributed by atoms with E-state index >= 15 is 0 Å². The summed E-state index contributed by atoms with van der Waals surface area (Å²) >= 11 is 0. The van der Waals surface area contributed by atoms with Gasteiger partial charge in [0, 0.05) is 23.6 Å². The van der Waals surface area contributed by atoms with Crippen molar-refractivity contribution in [3.8, 4) is 5.75 Å². The molecule has 1 unspecified atom stereocenters. The molecule has 4 nitrogen and oxygen atoms in total. The van der Waals surface area contributed by atoms with Crippen LogP contribution >= 0.6 is 0 Å². The predicted molar refractivity (Wildman–Crippen MR) is 94.3 cm³/mol. The third-order valence-electron chi connectivity index (χ3n) is 4.19. The zero-order valence-electron chi connectivity index (χ0n) is 13.9. The van der Waals surface area contributed by atoms with E-state index in [4.69, 9.17) is 9.15 Å². The maximum atomic E-state index is 12.2. The average molecular weight is 323 g/mol. The van der Waals surface area contributed by atoms with Gasteiger partial charge < -0.3 is 14.5 Å². The van der Waals surface area contributed by atoms with Crippen molar-refractivity contribution >= 4 is 16.9 Å². The standard InChI is InChI=1S/C20H21NO3/c1-14(15-6-4-3-5-7-15)12-21-20(22)10-16-13-24-19-11-17(23-2)8-9-18(16)19/h3-9,11,13-14H,10,12H2,1-2H3,(H,21,22). The summed E-state index contributed by atoms with van der Waals surface area (Å²) in [5, 5.41) is 3.95. The Hall–Kier alpha value is -2.75. The van der Waals surface area contributed by atoms with Gasteiger partial charge in [-0.25, -0.2) is 0 Å². The first-order chi connectivity index (χ1) is 11.7. The number of fused-ring (bicyclic) bond motifs is 1. The van der Waals surface area contributed by atoms with Crippen LogP contribution in [-0.4, -0.2) is 19.6 Å². The van der Waals surface area contributed by atoms with Crippen molar-refractivity contribution in [3.63, 3.8) is 0 Å². The molecular formula is C20H21NO3. The number of hydrogen-bond donors (Lipinski definition) is 1. The Morgan fingerprint density at radius 2 is 2.00 bits per heavy atom. The normalized spacial score (nSPS) is 12.1. The molecule has 1 heterocycles. The highest BCUT2D eigenvalue weighted by Crippen LogP contribution is 2.25. The second kappa shape index (κ2) is 7.21. The van der Waals surface area contributed by atoms with Crippen LogP contribution < -0.4 is 10.1 Å². The van der Waals surface area contributed by atoms with Gasteiger partial charge in [0.15, 0.2) is 0 Å². The van der Waals surface area contributed by atoms with Crippen molar-refractivity contribution in [2.24, 2.45) is 0 Å². The lowest BCUT2D eigenvalue weighted by Gasteiger charge is -2.12. The molecule has 1 aromatic heterocycles. The zero-order chi connectivity index (χ0) is 16.9. The van der Waals surface area contributed by atoms with Crippen molar-refractivity contribution in [2.45, 2.75) is 19.3 Å². The summed E-state index contributed by atoms with van der Waals surface area (Å²) in [6.45, 7) is 2.72. The molecule has 1 N–H and O–H groups in total. The van der Waals surface area contributed by atoms with Gasteiger partial charge in [-0.1, -0.05) is 37.3 Å². The minimum absolute atomic E-state index is 0.00343. The summed E-state index contributed by atoms with van der Waals surface area (Å²) in [5.74, 6) is 1.02. The van der Waals surface area contributed by atoms with E-state index in [-0.39, 0.29) is 11.8 Å². The fourth-order valence-electron chi connectivity index (χ4n) is 2.73. The highest BCUT2D eigenvalue weighted by atomic mass is 16.5. The smallest absolute Gasteiger partial charge is 0.224 e. The highest BCUT2D eigenvalue weighted by Gasteiger charge is 2.12. The Kier molecular flexibility index (Phi) is 4.85. The van der Waals surface area contributed by atoms with Gasteiger partial charge in [0.1, 0.15) is 11.3 Å². The molecule has 124 valence electrons. The lowest BCUT2D eigenvalue weighted by atomic mass is 10.0. The second-order valence-corrected chi connectivity index (χ2v) is 5.92. The highest BCUT2D eigenvalue weighted by molar-refractivity contribution is 5.88. The van der Waals surface area contributed by atoms with Gasteiger partial charge in [0.25, 0.3) is 0 Å². The van der Waals surface area contributed by atoms with Crippen LogP contribution in [0, 0.1) is 0 Å². The summed E-state index contributed by atoms with van der Waals surface area (Å²) in [6, 6.07) is 15.8. The minimum atomic E-state index is -0.00343. The topological polar surface area (TPSA) is 51.5 Å². The summed E-state index contributed by atoms with van der Waals surface area (Å²) in [6.07, 6.45) is 1.95. The number of carbonyl (C=O) groups excluding carboxylic acids is 1. The van der Waals surface area contributed by atoms with Crippen molar-refractivity contribution in [2.75, 3.05) is 13.7 Å². The van der Waals surface area contributed by atoms with Gasteiger partial charge in [-0.2, -0.15) is 0 Å². The molecule has 0 bridgehead atoms. The number of hydrogen-bond acceptors (Lipinski definition) is 3. The van der Waals surface area contributed by atoms with Crippen LogP contribution in [0.1, 0.15) is 24.0 Å². The Morgan fingerprint density at radius 3 is 2.75 bits per heavy atom. The fourth-order valence-corrected chi connectivity index (χ4v) is 2.73. The molecule has 0 saturated carbocycles. The number of ether oxygens (including phenoxy) is 1. The van der Waals surface area contributed by atoms with Crippen LogP contribution in [0.3, 0.4) is 0 Å². The Labute approximate surface area is 141 Å². The molecule has 24 heavy (non-hydrogen) atoms. The average Bonchev–Trinajstić information content (AvgIpc) is 3.02. The molecule has 1 atom stereocenters. The molecule has 0 aliphatic rings. The number of amides is 1. The van der Waals surface area contributed by atoms with Crippen molar-refractivity contribution in [3.05, 3.63) is 65.9 Å². The second-order valence-electron chi connectivity index (χ2n) is 5.92. The molecule has 0 aliphatic heterocycles. The SMILES string of the molecule is COc1ccc2c(CC(=O)NCC(C)c3ccccc3)coc2c1. The van der Waals surface area contributed by atoms with E-state index in [9.17, 15) is 4.79 Å². The van der Waals surface area contributed by atoms with Crippen molar-refractivity contribution in [1.29, 1.82) is 0 Å². The quantitative estimate of drug-likeness (QED) is 0.748. The number of benzene rings is 2. The molecule has 1 amide bonds. The van der Waals surface area contributed by atoms with Crippen LogP contribution in [0.5, 0.6) is 5.75 Å². The number of nitrogens with one attached hydrogen (secondary N) is 1. The van der Waals surface area contributed by atoms with Gasteiger partial charge in [0.05, 0.1) is 19.8 Å². The monoisotopic (exact) mass is 323 g/mol. The van der Waals surface area contributed by atoms with Gasteiger partial charge in [0.2, 0.25) is 5.91 Å². The number of methoxy groups -OCH3 is 1. The summed E-state index contributed by atoms with van der Waals surface area (Å²) in [7, 11) is 1.62. The molecule has 0 radical (unpaired) electrons. The molecule has 3 aromatic rings. The molecule has 4 heteroatoms. The zero-order valence-corrected chi connectivity index (χ0v) is 13.9. The summed E-state index contributed by atoms with van der Waals surface area (Å²) < 4.78 is 10.7. The number of furan rings is 1. The van der Waals surface area contributed by atoms with Crippen molar-refractivity contribution in [1.82, 2.24) is 5.32 Å². The maximum Gasteiger partial charge on any atom is 0.224 e. The molecule has 2 aromatic carbocycles. The maximum absolute atomic E-state index is 12.2. The summed E-state index contributed by atoms with van der Waals surface area (Å²) in [4.78, 5) is 12.2. The van der Waals surface area contributed by atoms with Crippen LogP contribution in [0.2, 0.25) is 0 Å². The van der Waals surface area contributed by atoms with E-state index in [0.717, 1.165) is 22.3 Å². The molecule has 0 saturated heterocycles. The van der Waals surface area contributed by atoms with E-state index < -0.39 is 0 Å². The Morgan fingerprint density at radius 1 is 1.21 bits per heavy atom. The van der Waals surface area contributed by atoms with Gasteiger partial charge in [-0.15, -0.1) is 0 Å². The lowest BCUT2D eigenvalue weighted by molar-refractivity contribution is -0.120. The molecular weight excluding hydrogens is 302 g/mol. The Balaban J connectivity index is 1.61. The van der Waals surface area contributed by atoms with Gasteiger partial charge in [-0.3, -0.25) is 4.79 Å². The van der Waals surface area contributed by atoms with Crippen LogP contribution in [0.15, 0.2) is 59.2 Å². The van der Waals surface area contributed by atoms with Crippen LogP contribution in [0.25, 0.3) is 11.0 Å². The van der Waals surface area contributed by atoms with E-state index in [2.05, 4.69) is 24.4 Å². The third kappa shape index (κ3) is 3.59. The molecule has 0 fully saturated rings. The Bertz CT molecular complexity index is 823. The lowest BCUT2D eigenvalue weighted by Crippen LogP contribution is -2.28. The van der Waals surface area contributed by atoms with E-state index in [1.54, 1.807) is 13.4 Å². The first kappa shape index (κ1) is 16.1. The minimum Gasteiger partial charge on any atom is -0.497 e. The molecule has 0 aliphatic carbocycles. The van der Waals surface area contributed by atoms with Gasteiger partial charge >= 0.3 is 0 Å². The predicted octanol–water partition coefficient (Wildman–Crippen LogP) is 3.90. The first-order valence-electron chi connectivity index (χ1n) is 8.03.